The van der Waals surface area contributed by atoms with Gasteiger partial charge in [0.15, 0.2) is 6.35 Å². The molecule has 0 saturated carbocycles. The summed E-state index contributed by atoms with van der Waals surface area (Å²) in [5, 5.41) is 0. The van der Waals surface area contributed by atoms with Gasteiger partial charge in [0.1, 0.15) is 5.75 Å². The maximum Gasteiger partial charge on any atom is 0.236 e. The SMILES string of the molecule is CC[C@H](CCCP(=O)(O)COc1ccccc1)CC(C)N. The molecule has 2 unspecified atom stereocenters. The first-order chi connectivity index (χ1) is 9.93. The first kappa shape index (κ1) is 18.2. The third-order valence-corrected chi connectivity index (χ3v) is 5.13. The van der Waals surface area contributed by atoms with Gasteiger partial charge in [-0.05, 0) is 44.2 Å². The minimum absolute atomic E-state index is 0.110. The normalized spacial score (nSPS) is 17.0. The molecule has 21 heavy (non-hydrogen) atoms. The smallest absolute Gasteiger partial charge is 0.236 e. The summed E-state index contributed by atoms with van der Waals surface area (Å²) in [6.45, 7) is 4.15. The molecule has 0 aliphatic heterocycles. The molecular formula is C16H28NO3P. The molecule has 120 valence electrons. The number of hydrogen-bond donors (Lipinski definition) is 2. The van der Waals surface area contributed by atoms with Crippen LogP contribution in [-0.2, 0) is 4.57 Å². The van der Waals surface area contributed by atoms with Crippen LogP contribution in [0.5, 0.6) is 5.75 Å². The number of rotatable bonds is 10. The fourth-order valence-electron chi connectivity index (χ4n) is 2.40. The van der Waals surface area contributed by atoms with Gasteiger partial charge in [-0.25, -0.2) is 0 Å². The van der Waals surface area contributed by atoms with Crippen LogP contribution >= 0.6 is 7.37 Å². The Balaban J connectivity index is 2.30. The van der Waals surface area contributed by atoms with Gasteiger partial charge in [0, 0.05) is 12.2 Å². The van der Waals surface area contributed by atoms with Crippen LogP contribution in [0.15, 0.2) is 30.3 Å². The summed E-state index contributed by atoms with van der Waals surface area (Å²) in [7, 11) is -3.21. The molecule has 0 spiro atoms. The fourth-order valence-corrected chi connectivity index (χ4v) is 3.55. The highest BCUT2D eigenvalue weighted by molar-refractivity contribution is 7.57. The van der Waals surface area contributed by atoms with Crippen molar-refractivity contribution in [3.05, 3.63) is 30.3 Å². The Bertz CT molecular complexity index is 436. The van der Waals surface area contributed by atoms with Crippen molar-refractivity contribution in [3.8, 4) is 5.75 Å². The van der Waals surface area contributed by atoms with Gasteiger partial charge < -0.3 is 15.4 Å². The molecule has 1 aromatic carbocycles. The van der Waals surface area contributed by atoms with Crippen LogP contribution in [0.25, 0.3) is 0 Å². The van der Waals surface area contributed by atoms with E-state index in [1.54, 1.807) is 12.1 Å². The standard InChI is InChI=1S/C16H28NO3P/c1-3-15(12-14(2)17)8-7-11-21(18,19)13-20-16-9-5-4-6-10-16/h4-6,9-10,14-15H,3,7-8,11-13,17H2,1-2H3,(H,18,19)/t14?,15-/m1/s1. The van der Waals surface area contributed by atoms with Gasteiger partial charge in [0.2, 0.25) is 7.37 Å². The summed E-state index contributed by atoms with van der Waals surface area (Å²) in [6.07, 6.45) is 3.95. The predicted octanol–water partition coefficient (Wildman–Crippen LogP) is 3.84. The van der Waals surface area contributed by atoms with Crippen molar-refractivity contribution < 1.29 is 14.2 Å². The minimum Gasteiger partial charge on any atom is -0.484 e. The van der Waals surface area contributed by atoms with E-state index < -0.39 is 7.37 Å². The number of para-hydroxylation sites is 1. The monoisotopic (exact) mass is 313 g/mol. The van der Waals surface area contributed by atoms with E-state index in [0.717, 1.165) is 25.7 Å². The summed E-state index contributed by atoms with van der Waals surface area (Å²) < 4.78 is 17.5. The van der Waals surface area contributed by atoms with E-state index in [4.69, 9.17) is 10.5 Å². The van der Waals surface area contributed by atoms with E-state index in [2.05, 4.69) is 6.92 Å². The van der Waals surface area contributed by atoms with Crippen molar-refractivity contribution in [2.24, 2.45) is 11.7 Å². The molecule has 3 N–H and O–H groups in total. The molecule has 1 aromatic rings. The first-order valence-electron chi connectivity index (χ1n) is 7.67. The molecule has 5 heteroatoms. The Morgan fingerprint density at radius 2 is 2.00 bits per heavy atom. The molecule has 0 amide bonds. The molecule has 3 atom stereocenters. The van der Waals surface area contributed by atoms with Gasteiger partial charge in [0.05, 0.1) is 0 Å². The van der Waals surface area contributed by atoms with E-state index in [-0.39, 0.29) is 12.4 Å². The lowest BCUT2D eigenvalue weighted by molar-refractivity contribution is 0.346. The molecular weight excluding hydrogens is 285 g/mol. The molecule has 0 saturated heterocycles. The second kappa shape index (κ2) is 9.24. The molecule has 0 aromatic heterocycles. The zero-order chi connectivity index (χ0) is 15.7. The lowest BCUT2D eigenvalue weighted by atomic mass is 9.94. The summed E-state index contributed by atoms with van der Waals surface area (Å²) >= 11 is 0. The molecule has 0 radical (unpaired) electrons. The van der Waals surface area contributed by atoms with Crippen LogP contribution in [0.2, 0.25) is 0 Å². The van der Waals surface area contributed by atoms with E-state index in [9.17, 15) is 9.46 Å². The topological polar surface area (TPSA) is 72.5 Å². The first-order valence-corrected chi connectivity index (χ1v) is 9.70. The van der Waals surface area contributed by atoms with Crippen molar-refractivity contribution in [3.63, 3.8) is 0 Å². The maximum absolute atomic E-state index is 12.1. The van der Waals surface area contributed by atoms with Gasteiger partial charge in [-0.2, -0.15) is 0 Å². The molecule has 1 rings (SSSR count). The second-order valence-electron chi connectivity index (χ2n) is 5.79. The summed E-state index contributed by atoms with van der Waals surface area (Å²) in [5.41, 5.74) is 5.81. The Morgan fingerprint density at radius 3 is 2.57 bits per heavy atom. The molecule has 4 nitrogen and oxygen atoms in total. The van der Waals surface area contributed by atoms with Gasteiger partial charge in [-0.1, -0.05) is 31.5 Å². The Labute approximate surface area is 128 Å². The fraction of sp³-hybridized carbons (Fsp3) is 0.625. The zero-order valence-corrected chi connectivity index (χ0v) is 14.0. The van der Waals surface area contributed by atoms with E-state index in [1.165, 1.54) is 0 Å². The highest BCUT2D eigenvalue weighted by Gasteiger charge is 2.20. The third-order valence-electron chi connectivity index (χ3n) is 3.58. The van der Waals surface area contributed by atoms with Crippen molar-refractivity contribution >= 4 is 7.37 Å². The average molecular weight is 313 g/mol. The number of benzene rings is 1. The largest absolute Gasteiger partial charge is 0.484 e. The third kappa shape index (κ3) is 8.25. The molecule has 0 heterocycles. The lowest BCUT2D eigenvalue weighted by Crippen LogP contribution is -2.19. The Kier molecular flexibility index (Phi) is 8.02. The van der Waals surface area contributed by atoms with Gasteiger partial charge in [0.25, 0.3) is 0 Å². The van der Waals surface area contributed by atoms with Crippen molar-refractivity contribution in [2.75, 3.05) is 12.5 Å². The zero-order valence-electron chi connectivity index (χ0n) is 13.1. The van der Waals surface area contributed by atoms with Gasteiger partial charge >= 0.3 is 0 Å². The van der Waals surface area contributed by atoms with Crippen molar-refractivity contribution in [1.29, 1.82) is 0 Å². The predicted molar refractivity (Wildman–Crippen MR) is 87.9 cm³/mol. The highest BCUT2D eigenvalue weighted by Crippen LogP contribution is 2.42. The van der Waals surface area contributed by atoms with Crippen LogP contribution in [0.4, 0.5) is 0 Å². The number of hydrogen-bond acceptors (Lipinski definition) is 3. The van der Waals surface area contributed by atoms with Crippen molar-refractivity contribution in [1.82, 2.24) is 0 Å². The number of nitrogens with two attached hydrogens (primary N) is 1. The van der Waals surface area contributed by atoms with E-state index in [0.29, 0.717) is 17.8 Å². The average Bonchev–Trinajstić information content (AvgIpc) is 2.45. The molecule has 0 bridgehead atoms. The Hall–Kier alpha value is -0.830. The van der Waals surface area contributed by atoms with E-state index in [1.807, 2.05) is 25.1 Å². The second-order valence-corrected chi connectivity index (χ2v) is 8.18. The lowest BCUT2D eigenvalue weighted by Gasteiger charge is -2.18. The van der Waals surface area contributed by atoms with Crippen LogP contribution in [-0.4, -0.2) is 23.4 Å². The van der Waals surface area contributed by atoms with Gasteiger partial charge in [-0.15, -0.1) is 0 Å². The highest BCUT2D eigenvalue weighted by atomic mass is 31.2. The number of ether oxygens (including phenoxy) is 1. The summed E-state index contributed by atoms with van der Waals surface area (Å²) in [4.78, 5) is 9.95. The molecule has 0 fully saturated rings. The van der Waals surface area contributed by atoms with Crippen LogP contribution in [0.3, 0.4) is 0 Å². The summed E-state index contributed by atoms with van der Waals surface area (Å²) in [5.74, 6) is 1.18. The quantitative estimate of drug-likeness (QED) is 0.644. The minimum atomic E-state index is -3.21. The van der Waals surface area contributed by atoms with Crippen LogP contribution in [0.1, 0.15) is 39.5 Å². The van der Waals surface area contributed by atoms with E-state index >= 15 is 0 Å². The van der Waals surface area contributed by atoms with Gasteiger partial charge in [-0.3, -0.25) is 4.57 Å². The van der Waals surface area contributed by atoms with Crippen LogP contribution in [0, 0.1) is 5.92 Å². The maximum atomic E-state index is 12.1. The van der Waals surface area contributed by atoms with Crippen molar-refractivity contribution in [2.45, 2.75) is 45.6 Å². The Morgan fingerprint density at radius 1 is 1.33 bits per heavy atom. The molecule has 0 aliphatic rings. The summed E-state index contributed by atoms with van der Waals surface area (Å²) in [6, 6.07) is 9.34. The van der Waals surface area contributed by atoms with Crippen LogP contribution < -0.4 is 10.5 Å². The molecule has 0 aliphatic carbocycles.